The van der Waals surface area contributed by atoms with Crippen LogP contribution in [0.3, 0.4) is 0 Å². The molecule has 6 heteroatoms. The molecule has 0 amide bonds. The van der Waals surface area contributed by atoms with Crippen molar-refractivity contribution in [3.8, 4) is 5.82 Å². The van der Waals surface area contributed by atoms with Crippen molar-refractivity contribution in [3.05, 3.63) is 31.0 Å². The predicted octanol–water partition coefficient (Wildman–Crippen LogP) is 2.28. The van der Waals surface area contributed by atoms with E-state index in [9.17, 15) is 0 Å². The fraction of sp³-hybridized carbons (Fsp3) is 0.533. The van der Waals surface area contributed by atoms with Crippen LogP contribution >= 0.6 is 0 Å². The molecule has 0 saturated heterocycles. The van der Waals surface area contributed by atoms with E-state index in [4.69, 9.17) is 4.74 Å². The summed E-state index contributed by atoms with van der Waals surface area (Å²) in [7, 11) is 0. The number of hydrogen-bond acceptors (Lipinski definition) is 5. The molecule has 0 radical (unpaired) electrons. The molecule has 3 rings (SSSR count). The van der Waals surface area contributed by atoms with Crippen molar-refractivity contribution in [1.82, 2.24) is 19.7 Å². The maximum absolute atomic E-state index is 5.75. The number of hydrogen-bond donors (Lipinski definition) is 1. The van der Waals surface area contributed by atoms with E-state index in [1.165, 1.54) is 6.33 Å². The molecule has 112 valence electrons. The molecular weight excluding hydrogens is 266 g/mol. The Morgan fingerprint density at radius 2 is 2.29 bits per heavy atom. The third-order valence-corrected chi connectivity index (χ3v) is 4.29. The van der Waals surface area contributed by atoms with Gasteiger partial charge in [-0.1, -0.05) is 13.8 Å². The molecule has 0 bridgehead atoms. The van der Waals surface area contributed by atoms with Crippen LogP contribution in [0.25, 0.3) is 5.82 Å². The van der Waals surface area contributed by atoms with Gasteiger partial charge in [0.1, 0.15) is 12.7 Å². The molecule has 21 heavy (non-hydrogen) atoms. The van der Waals surface area contributed by atoms with Gasteiger partial charge in [-0.05, 0) is 25.5 Å². The van der Waals surface area contributed by atoms with Gasteiger partial charge in [0.15, 0.2) is 5.82 Å². The summed E-state index contributed by atoms with van der Waals surface area (Å²) in [4.78, 5) is 8.32. The largest absolute Gasteiger partial charge is 0.380 e. The third-order valence-electron chi connectivity index (χ3n) is 4.29. The normalized spacial score (nSPS) is 23.6. The lowest BCUT2D eigenvalue weighted by Gasteiger charge is -2.52. The highest BCUT2D eigenvalue weighted by Crippen LogP contribution is 2.44. The average molecular weight is 287 g/mol. The van der Waals surface area contributed by atoms with E-state index in [0.29, 0.717) is 12.1 Å². The first-order valence-electron chi connectivity index (χ1n) is 7.30. The molecule has 2 unspecified atom stereocenters. The van der Waals surface area contributed by atoms with Crippen LogP contribution in [0.1, 0.15) is 27.2 Å². The minimum Gasteiger partial charge on any atom is -0.380 e. The fourth-order valence-corrected chi connectivity index (χ4v) is 2.75. The zero-order chi connectivity index (χ0) is 14.9. The summed E-state index contributed by atoms with van der Waals surface area (Å²) in [6.07, 6.45) is 6.34. The summed E-state index contributed by atoms with van der Waals surface area (Å²) in [5, 5.41) is 7.61. The zero-order valence-corrected chi connectivity index (χ0v) is 12.7. The van der Waals surface area contributed by atoms with Crippen molar-refractivity contribution in [2.24, 2.45) is 5.41 Å². The van der Waals surface area contributed by atoms with Crippen molar-refractivity contribution in [2.75, 3.05) is 11.9 Å². The summed E-state index contributed by atoms with van der Waals surface area (Å²) < 4.78 is 7.40. The average Bonchev–Trinajstić information content (AvgIpc) is 3.01. The molecule has 2 aromatic rings. The fourth-order valence-electron chi connectivity index (χ4n) is 2.75. The maximum atomic E-state index is 5.75. The molecule has 1 fully saturated rings. The van der Waals surface area contributed by atoms with E-state index in [2.05, 4.69) is 34.2 Å². The molecule has 0 aromatic carbocycles. The number of nitrogens with one attached hydrogen (secondary N) is 1. The maximum Gasteiger partial charge on any atom is 0.155 e. The van der Waals surface area contributed by atoms with Crippen molar-refractivity contribution in [2.45, 2.75) is 39.3 Å². The van der Waals surface area contributed by atoms with Gasteiger partial charge in [0.25, 0.3) is 0 Å². The van der Waals surface area contributed by atoms with Gasteiger partial charge in [0.2, 0.25) is 0 Å². The van der Waals surface area contributed by atoms with Crippen LogP contribution in [0.15, 0.2) is 31.0 Å². The van der Waals surface area contributed by atoms with Gasteiger partial charge in [-0.2, -0.15) is 5.10 Å². The third kappa shape index (κ3) is 2.63. The van der Waals surface area contributed by atoms with Crippen LogP contribution in [0, 0.1) is 5.41 Å². The molecular formula is C15H21N5O. The summed E-state index contributed by atoms with van der Waals surface area (Å²) >= 11 is 0. The Balaban J connectivity index is 1.64. The Labute approximate surface area is 124 Å². The molecule has 2 atom stereocenters. The van der Waals surface area contributed by atoms with Gasteiger partial charge in [0, 0.05) is 18.1 Å². The molecule has 1 saturated carbocycles. The van der Waals surface area contributed by atoms with Crippen molar-refractivity contribution >= 4 is 5.69 Å². The van der Waals surface area contributed by atoms with Crippen LogP contribution in [0.2, 0.25) is 0 Å². The summed E-state index contributed by atoms with van der Waals surface area (Å²) in [6.45, 7) is 7.30. The van der Waals surface area contributed by atoms with E-state index < -0.39 is 0 Å². The molecule has 1 aliphatic carbocycles. The zero-order valence-electron chi connectivity index (χ0n) is 12.7. The Morgan fingerprint density at radius 1 is 1.43 bits per heavy atom. The Hall–Kier alpha value is -1.95. The number of aromatic nitrogens is 4. The minimum atomic E-state index is 0.139. The number of pyridine rings is 1. The molecule has 1 aliphatic rings. The van der Waals surface area contributed by atoms with E-state index >= 15 is 0 Å². The second-order valence-electron chi connectivity index (χ2n) is 5.94. The van der Waals surface area contributed by atoms with Gasteiger partial charge in [0.05, 0.1) is 18.0 Å². The highest BCUT2D eigenvalue weighted by atomic mass is 16.5. The predicted molar refractivity (Wildman–Crippen MR) is 80.4 cm³/mol. The highest BCUT2D eigenvalue weighted by molar-refractivity contribution is 5.45. The molecule has 2 aromatic heterocycles. The lowest BCUT2D eigenvalue weighted by molar-refractivity contribution is -0.0976. The Morgan fingerprint density at radius 3 is 2.86 bits per heavy atom. The van der Waals surface area contributed by atoms with E-state index in [0.717, 1.165) is 24.5 Å². The van der Waals surface area contributed by atoms with Crippen molar-refractivity contribution in [1.29, 1.82) is 0 Å². The van der Waals surface area contributed by atoms with Gasteiger partial charge in [-0.25, -0.2) is 14.6 Å². The SMILES string of the molecule is CCOC1CC(Nc2ccc(-n3cncn3)nc2)C1(C)C. The van der Waals surface area contributed by atoms with Crippen molar-refractivity contribution < 1.29 is 4.74 Å². The van der Waals surface area contributed by atoms with E-state index in [-0.39, 0.29) is 5.41 Å². The smallest absolute Gasteiger partial charge is 0.155 e. The second-order valence-corrected chi connectivity index (χ2v) is 5.94. The van der Waals surface area contributed by atoms with Crippen LogP contribution in [-0.2, 0) is 4.74 Å². The quantitative estimate of drug-likeness (QED) is 0.914. The number of anilines is 1. The molecule has 1 N–H and O–H groups in total. The lowest BCUT2D eigenvalue weighted by atomic mass is 9.64. The summed E-state index contributed by atoms with van der Waals surface area (Å²) in [5.74, 6) is 0.762. The monoisotopic (exact) mass is 287 g/mol. The van der Waals surface area contributed by atoms with Gasteiger partial charge >= 0.3 is 0 Å². The molecule has 2 heterocycles. The van der Waals surface area contributed by atoms with Crippen LogP contribution < -0.4 is 5.32 Å². The van der Waals surface area contributed by atoms with Crippen molar-refractivity contribution in [3.63, 3.8) is 0 Å². The Kier molecular flexibility index (Phi) is 3.63. The first-order valence-corrected chi connectivity index (χ1v) is 7.30. The van der Waals surface area contributed by atoms with Gasteiger partial charge < -0.3 is 10.1 Å². The summed E-state index contributed by atoms with van der Waals surface area (Å²) in [6, 6.07) is 4.37. The minimum absolute atomic E-state index is 0.139. The van der Waals surface area contributed by atoms with E-state index in [1.807, 2.05) is 25.3 Å². The lowest BCUT2D eigenvalue weighted by Crippen LogP contribution is -2.58. The topological polar surface area (TPSA) is 64.9 Å². The van der Waals surface area contributed by atoms with E-state index in [1.54, 1.807) is 11.0 Å². The van der Waals surface area contributed by atoms with Gasteiger partial charge in [-0.3, -0.25) is 0 Å². The van der Waals surface area contributed by atoms with Gasteiger partial charge in [-0.15, -0.1) is 0 Å². The first-order chi connectivity index (χ1) is 10.1. The van der Waals surface area contributed by atoms with Crippen LogP contribution in [0.5, 0.6) is 0 Å². The molecule has 6 nitrogen and oxygen atoms in total. The highest BCUT2D eigenvalue weighted by Gasteiger charge is 2.48. The first kappa shape index (κ1) is 14.0. The number of ether oxygens (including phenoxy) is 1. The van der Waals surface area contributed by atoms with Crippen LogP contribution in [-0.4, -0.2) is 38.5 Å². The standard InChI is InChI=1S/C15H21N5O/c1-4-21-13-7-12(15(13,2)3)19-11-5-6-14(17-8-11)20-10-16-9-18-20/h5-6,8-10,12-13,19H,4,7H2,1-3H3. The summed E-state index contributed by atoms with van der Waals surface area (Å²) in [5.41, 5.74) is 1.16. The van der Waals surface area contributed by atoms with Crippen LogP contribution in [0.4, 0.5) is 5.69 Å². The number of rotatable bonds is 5. The Bertz CT molecular complexity index is 579. The number of nitrogens with zero attached hydrogens (tertiary/aromatic N) is 4. The second kappa shape index (κ2) is 5.44. The molecule has 0 spiro atoms. The molecule has 0 aliphatic heterocycles.